The number of carbonyl (C=O) groups excluding carboxylic acids is 1. The van der Waals surface area contributed by atoms with Crippen LogP contribution in [0.15, 0.2) is 42.5 Å². The van der Waals surface area contributed by atoms with E-state index in [4.69, 9.17) is 14.2 Å². The molecule has 1 heterocycles. The number of methoxy groups -OCH3 is 1. The van der Waals surface area contributed by atoms with E-state index in [1.54, 1.807) is 42.5 Å². The van der Waals surface area contributed by atoms with Gasteiger partial charge >= 0.3 is 0 Å². The van der Waals surface area contributed by atoms with Crippen molar-refractivity contribution in [3.63, 3.8) is 0 Å². The predicted octanol–water partition coefficient (Wildman–Crippen LogP) is 3.07. The zero-order chi connectivity index (χ0) is 16.2. The molecule has 0 aromatic heterocycles. The first-order valence-corrected chi connectivity index (χ1v) is 7.17. The van der Waals surface area contributed by atoms with Crippen molar-refractivity contribution in [1.82, 2.24) is 0 Å². The summed E-state index contributed by atoms with van der Waals surface area (Å²) >= 11 is 0. The van der Waals surface area contributed by atoms with Gasteiger partial charge in [-0.25, -0.2) is 0 Å². The highest BCUT2D eigenvalue weighted by molar-refractivity contribution is 6.07. The van der Waals surface area contributed by atoms with E-state index in [1.807, 2.05) is 0 Å². The summed E-state index contributed by atoms with van der Waals surface area (Å²) in [6.07, 6.45) is 2.96. The first-order valence-electron chi connectivity index (χ1n) is 7.17. The third kappa shape index (κ3) is 3.13. The zero-order valence-corrected chi connectivity index (χ0v) is 12.6. The van der Waals surface area contributed by atoms with Crippen molar-refractivity contribution in [3.05, 3.63) is 53.6 Å². The first-order chi connectivity index (χ1) is 11.2. The van der Waals surface area contributed by atoms with Crippen LogP contribution in [0.3, 0.4) is 0 Å². The number of para-hydroxylation sites is 1. The Morgan fingerprint density at radius 3 is 2.74 bits per heavy atom. The molecule has 5 heteroatoms. The van der Waals surface area contributed by atoms with E-state index in [0.717, 1.165) is 0 Å². The van der Waals surface area contributed by atoms with Crippen LogP contribution in [0.1, 0.15) is 15.9 Å². The number of phenolic OH excluding ortho intramolecular Hbond substituents is 1. The van der Waals surface area contributed by atoms with Crippen molar-refractivity contribution in [2.24, 2.45) is 0 Å². The molecule has 3 rings (SSSR count). The van der Waals surface area contributed by atoms with Crippen LogP contribution in [0, 0.1) is 0 Å². The number of hydrogen-bond donors (Lipinski definition) is 1. The Balaban J connectivity index is 1.82. The molecule has 0 bridgehead atoms. The summed E-state index contributed by atoms with van der Waals surface area (Å²) in [5.74, 6) is 1.38. The smallest absolute Gasteiger partial charge is 0.185 e. The third-order valence-electron chi connectivity index (χ3n) is 3.49. The van der Waals surface area contributed by atoms with Gasteiger partial charge in [-0.05, 0) is 36.4 Å². The number of ketones is 1. The molecule has 1 aliphatic rings. The van der Waals surface area contributed by atoms with Crippen LogP contribution in [0.4, 0.5) is 0 Å². The Labute approximate surface area is 133 Å². The highest BCUT2D eigenvalue weighted by atomic mass is 16.6. The molecule has 0 radical (unpaired) electrons. The van der Waals surface area contributed by atoms with Crippen LogP contribution >= 0.6 is 0 Å². The van der Waals surface area contributed by atoms with Crippen LogP contribution in [-0.2, 0) is 0 Å². The van der Waals surface area contributed by atoms with Gasteiger partial charge in [0.25, 0.3) is 0 Å². The van der Waals surface area contributed by atoms with Crippen molar-refractivity contribution in [2.75, 3.05) is 20.3 Å². The van der Waals surface area contributed by atoms with E-state index >= 15 is 0 Å². The number of rotatable bonds is 4. The van der Waals surface area contributed by atoms with Crippen molar-refractivity contribution >= 4 is 11.9 Å². The van der Waals surface area contributed by atoms with Gasteiger partial charge in [0.2, 0.25) is 0 Å². The minimum atomic E-state index is -0.191. The van der Waals surface area contributed by atoms with Crippen LogP contribution in [0.25, 0.3) is 6.08 Å². The molecule has 118 valence electrons. The summed E-state index contributed by atoms with van der Waals surface area (Å²) in [4.78, 5) is 12.3. The lowest BCUT2D eigenvalue weighted by Gasteiger charge is -2.18. The van der Waals surface area contributed by atoms with Crippen LogP contribution in [0.5, 0.6) is 23.0 Å². The van der Waals surface area contributed by atoms with Gasteiger partial charge in [-0.3, -0.25) is 4.79 Å². The summed E-state index contributed by atoms with van der Waals surface area (Å²) in [6, 6.07) is 10.2. The normalized spacial score (nSPS) is 13.1. The van der Waals surface area contributed by atoms with E-state index < -0.39 is 0 Å². The topological polar surface area (TPSA) is 65.0 Å². The summed E-state index contributed by atoms with van der Waals surface area (Å²) < 4.78 is 15.9. The van der Waals surface area contributed by atoms with E-state index in [9.17, 15) is 9.90 Å². The number of aromatic hydroxyl groups is 1. The summed E-state index contributed by atoms with van der Waals surface area (Å²) in [5.41, 5.74) is 1.00. The maximum atomic E-state index is 12.3. The Kier molecular flexibility index (Phi) is 4.19. The maximum absolute atomic E-state index is 12.3. The number of hydrogen-bond acceptors (Lipinski definition) is 5. The van der Waals surface area contributed by atoms with Crippen LogP contribution in [-0.4, -0.2) is 31.2 Å². The molecule has 1 aliphatic heterocycles. The molecule has 0 aliphatic carbocycles. The fourth-order valence-corrected chi connectivity index (χ4v) is 2.30. The summed E-state index contributed by atoms with van der Waals surface area (Å²) in [7, 11) is 1.48. The fraction of sp³-hybridized carbons (Fsp3) is 0.167. The average Bonchev–Trinajstić information content (AvgIpc) is 2.60. The molecule has 2 aromatic carbocycles. The number of ether oxygens (including phenoxy) is 3. The Morgan fingerprint density at radius 1 is 1.17 bits per heavy atom. The second-order valence-corrected chi connectivity index (χ2v) is 4.95. The molecule has 0 spiro atoms. The molecule has 0 fully saturated rings. The van der Waals surface area contributed by atoms with Gasteiger partial charge in [-0.2, -0.15) is 0 Å². The highest BCUT2D eigenvalue weighted by Crippen LogP contribution is 2.32. The highest BCUT2D eigenvalue weighted by Gasteiger charge is 2.14. The molecule has 2 aromatic rings. The lowest BCUT2D eigenvalue weighted by Crippen LogP contribution is -2.15. The Hall–Kier alpha value is -2.95. The molecule has 1 N–H and O–H groups in total. The predicted molar refractivity (Wildman–Crippen MR) is 85.5 cm³/mol. The largest absolute Gasteiger partial charge is 0.504 e. The van der Waals surface area contributed by atoms with E-state index in [0.29, 0.717) is 41.6 Å². The lowest BCUT2D eigenvalue weighted by atomic mass is 10.1. The van der Waals surface area contributed by atoms with Gasteiger partial charge < -0.3 is 19.3 Å². The summed E-state index contributed by atoms with van der Waals surface area (Å²) in [6.45, 7) is 0.980. The molecule has 0 saturated heterocycles. The molecular weight excluding hydrogens is 296 g/mol. The minimum Gasteiger partial charge on any atom is -0.504 e. The molecule has 23 heavy (non-hydrogen) atoms. The Bertz CT molecular complexity index is 764. The Morgan fingerprint density at radius 2 is 1.96 bits per heavy atom. The monoisotopic (exact) mass is 312 g/mol. The second-order valence-electron chi connectivity index (χ2n) is 4.95. The molecule has 0 unspecified atom stereocenters. The lowest BCUT2D eigenvalue weighted by molar-refractivity contribution is 0.104. The van der Waals surface area contributed by atoms with Gasteiger partial charge in [0.1, 0.15) is 13.2 Å². The third-order valence-corrected chi connectivity index (χ3v) is 3.49. The minimum absolute atomic E-state index is 0.00113. The fourth-order valence-electron chi connectivity index (χ4n) is 2.30. The summed E-state index contributed by atoms with van der Waals surface area (Å²) in [5, 5.41) is 10.0. The van der Waals surface area contributed by atoms with Gasteiger partial charge in [-0.1, -0.05) is 12.1 Å². The molecule has 0 atom stereocenters. The SMILES string of the molecule is COc1cccc(/C=C/C(=O)c2ccc3c(c2)OCCO3)c1O. The quantitative estimate of drug-likeness (QED) is 0.694. The number of benzene rings is 2. The van der Waals surface area contributed by atoms with Crippen molar-refractivity contribution < 1.29 is 24.1 Å². The number of carbonyl (C=O) groups is 1. The maximum Gasteiger partial charge on any atom is 0.185 e. The van der Waals surface area contributed by atoms with Gasteiger partial charge in [0, 0.05) is 11.1 Å². The molecule has 5 nitrogen and oxygen atoms in total. The van der Waals surface area contributed by atoms with Crippen molar-refractivity contribution in [1.29, 1.82) is 0 Å². The van der Waals surface area contributed by atoms with Crippen molar-refractivity contribution in [3.8, 4) is 23.0 Å². The molecule has 0 amide bonds. The van der Waals surface area contributed by atoms with Crippen molar-refractivity contribution in [2.45, 2.75) is 0 Å². The van der Waals surface area contributed by atoms with E-state index in [1.165, 1.54) is 13.2 Å². The van der Waals surface area contributed by atoms with Gasteiger partial charge in [-0.15, -0.1) is 0 Å². The molecule has 0 saturated carbocycles. The van der Waals surface area contributed by atoms with Gasteiger partial charge in [0.05, 0.1) is 7.11 Å². The second kappa shape index (κ2) is 6.44. The number of phenols is 1. The van der Waals surface area contributed by atoms with E-state index in [-0.39, 0.29) is 11.5 Å². The van der Waals surface area contributed by atoms with Gasteiger partial charge in [0.15, 0.2) is 28.8 Å². The average molecular weight is 312 g/mol. The zero-order valence-electron chi connectivity index (χ0n) is 12.6. The van der Waals surface area contributed by atoms with Crippen LogP contribution < -0.4 is 14.2 Å². The first kappa shape index (κ1) is 15.0. The van der Waals surface area contributed by atoms with Crippen LogP contribution in [0.2, 0.25) is 0 Å². The number of fused-ring (bicyclic) bond motifs is 1. The standard InChI is InChI=1S/C18H16O5/c1-21-16-4-2-3-12(18(16)20)5-7-14(19)13-6-8-15-17(11-13)23-10-9-22-15/h2-8,11,20H,9-10H2,1H3/b7-5+. The number of allylic oxidation sites excluding steroid dienone is 1. The van der Waals surface area contributed by atoms with E-state index in [2.05, 4.69) is 0 Å². The molecular formula is C18H16O5.